The van der Waals surface area contributed by atoms with Gasteiger partial charge in [0.2, 0.25) is 0 Å². The van der Waals surface area contributed by atoms with Crippen molar-refractivity contribution >= 4 is 17.5 Å². The molecule has 1 saturated heterocycles. The average molecular weight is 387 g/mol. The zero-order chi connectivity index (χ0) is 18.8. The van der Waals surface area contributed by atoms with Crippen LogP contribution in [0.5, 0.6) is 0 Å². The minimum absolute atomic E-state index is 0.103. The highest BCUT2D eigenvalue weighted by molar-refractivity contribution is 6.30. The molecule has 4 rings (SSSR count). The van der Waals surface area contributed by atoms with Crippen LogP contribution in [-0.4, -0.2) is 57.7 Å². The molecule has 1 saturated carbocycles. The van der Waals surface area contributed by atoms with Crippen LogP contribution in [0.25, 0.3) is 5.69 Å². The monoisotopic (exact) mass is 386 g/mol. The van der Waals surface area contributed by atoms with Gasteiger partial charge in [0, 0.05) is 37.2 Å². The van der Waals surface area contributed by atoms with Gasteiger partial charge in [-0.3, -0.25) is 9.69 Å². The lowest BCUT2D eigenvalue weighted by atomic mass is 10.1. The minimum atomic E-state index is 0.103. The zero-order valence-electron chi connectivity index (χ0n) is 15.9. The van der Waals surface area contributed by atoms with E-state index in [-0.39, 0.29) is 5.91 Å². The Morgan fingerprint density at radius 1 is 1.19 bits per heavy atom. The smallest absolute Gasteiger partial charge is 0.257 e. The van der Waals surface area contributed by atoms with Gasteiger partial charge in [-0.05, 0) is 37.5 Å². The molecule has 27 heavy (non-hydrogen) atoms. The van der Waals surface area contributed by atoms with Crippen molar-refractivity contribution in [3.63, 3.8) is 0 Å². The molecule has 1 aliphatic heterocycles. The van der Waals surface area contributed by atoms with E-state index in [2.05, 4.69) is 16.9 Å². The van der Waals surface area contributed by atoms with Crippen molar-refractivity contribution in [1.29, 1.82) is 0 Å². The van der Waals surface area contributed by atoms with Crippen LogP contribution < -0.4 is 0 Å². The predicted octanol–water partition coefficient (Wildman–Crippen LogP) is 3.79. The molecule has 1 amide bonds. The van der Waals surface area contributed by atoms with E-state index in [4.69, 9.17) is 11.6 Å². The summed E-state index contributed by atoms with van der Waals surface area (Å²) in [6.45, 7) is 5.65. The average Bonchev–Trinajstić information content (AvgIpc) is 3.37. The fourth-order valence-corrected chi connectivity index (χ4v) is 4.64. The fraction of sp³-hybridized carbons (Fsp3) is 0.524. The molecule has 0 bridgehead atoms. The van der Waals surface area contributed by atoms with E-state index in [0.717, 1.165) is 50.0 Å². The second-order valence-corrected chi connectivity index (χ2v) is 7.95. The Labute approximate surface area is 165 Å². The van der Waals surface area contributed by atoms with E-state index in [9.17, 15) is 4.79 Å². The summed E-state index contributed by atoms with van der Waals surface area (Å²) < 4.78 is 1.84. The van der Waals surface area contributed by atoms with Crippen molar-refractivity contribution < 1.29 is 4.79 Å². The summed E-state index contributed by atoms with van der Waals surface area (Å²) in [6, 6.07) is 8.33. The van der Waals surface area contributed by atoms with Gasteiger partial charge in [-0.1, -0.05) is 37.4 Å². The SMILES string of the molecule is CCc1c(C(=O)N2CCN(C3CCCC3)CC2)cnn1-c1cccc(Cl)c1. The molecule has 0 N–H and O–H groups in total. The van der Waals surface area contributed by atoms with Crippen LogP contribution >= 0.6 is 11.6 Å². The second kappa shape index (κ2) is 8.03. The van der Waals surface area contributed by atoms with Crippen molar-refractivity contribution in [2.45, 2.75) is 45.1 Å². The van der Waals surface area contributed by atoms with Crippen LogP contribution in [-0.2, 0) is 6.42 Å². The van der Waals surface area contributed by atoms with Crippen LogP contribution in [0.1, 0.15) is 48.7 Å². The number of hydrogen-bond acceptors (Lipinski definition) is 3. The number of carbonyl (C=O) groups is 1. The van der Waals surface area contributed by atoms with Crippen LogP contribution in [0.4, 0.5) is 0 Å². The normalized spacial score (nSPS) is 19.0. The molecule has 0 unspecified atom stereocenters. The van der Waals surface area contributed by atoms with Gasteiger partial charge in [0.05, 0.1) is 23.1 Å². The summed E-state index contributed by atoms with van der Waals surface area (Å²) in [5.41, 5.74) is 2.55. The first kappa shape index (κ1) is 18.5. The first-order valence-corrected chi connectivity index (χ1v) is 10.4. The first-order valence-electron chi connectivity index (χ1n) is 10.0. The van der Waals surface area contributed by atoms with Gasteiger partial charge in [-0.15, -0.1) is 0 Å². The third-order valence-electron chi connectivity index (χ3n) is 5.93. The van der Waals surface area contributed by atoms with E-state index in [1.807, 2.05) is 33.8 Å². The summed E-state index contributed by atoms with van der Waals surface area (Å²) in [5.74, 6) is 0.103. The van der Waals surface area contributed by atoms with E-state index < -0.39 is 0 Å². The minimum Gasteiger partial charge on any atom is -0.336 e. The molecule has 2 heterocycles. The number of amides is 1. The number of carbonyl (C=O) groups excluding carboxylic acids is 1. The molecule has 144 valence electrons. The summed E-state index contributed by atoms with van der Waals surface area (Å²) in [5, 5.41) is 5.16. The highest BCUT2D eigenvalue weighted by atomic mass is 35.5. The van der Waals surface area contributed by atoms with Crippen molar-refractivity contribution in [3.05, 3.63) is 46.7 Å². The van der Waals surface area contributed by atoms with Crippen molar-refractivity contribution in [1.82, 2.24) is 19.6 Å². The largest absolute Gasteiger partial charge is 0.336 e. The van der Waals surface area contributed by atoms with Crippen LogP contribution in [0.3, 0.4) is 0 Å². The molecule has 1 aromatic heterocycles. The quantitative estimate of drug-likeness (QED) is 0.802. The number of aromatic nitrogens is 2. The number of nitrogens with zero attached hydrogens (tertiary/aromatic N) is 4. The third kappa shape index (κ3) is 3.76. The Bertz CT molecular complexity index is 804. The highest BCUT2D eigenvalue weighted by Gasteiger charge is 2.29. The van der Waals surface area contributed by atoms with E-state index in [1.54, 1.807) is 6.20 Å². The summed E-state index contributed by atoms with van der Waals surface area (Å²) >= 11 is 6.13. The van der Waals surface area contributed by atoms with Crippen LogP contribution in [0.2, 0.25) is 5.02 Å². The Balaban J connectivity index is 1.49. The van der Waals surface area contributed by atoms with Gasteiger partial charge in [0.25, 0.3) is 5.91 Å². The molecule has 2 aromatic rings. The maximum absolute atomic E-state index is 13.1. The fourth-order valence-electron chi connectivity index (χ4n) is 4.45. The molecule has 1 aromatic carbocycles. The van der Waals surface area contributed by atoms with E-state index in [1.165, 1.54) is 25.7 Å². The number of rotatable bonds is 4. The molecule has 6 heteroatoms. The zero-order valence-corrected chi connectivity index (χ0v) is 16.7. The lowest BCUT2D eigenvalue weighted by Gasteiger charge is -2.38. The summed E-state index contributed by atoms with van der Waals surface area (Å²) in [4.78, 5) is 17.7. The molecular weight excluding hydrogens is 360 g/mol. The number of hydrogen-bond donors (Lipinski definition) is 0. The molecule has 0 atom stereocenters. The van der Waals surface area contributed by atoms with E-state index >= 15 is 0 Å². The molecule has 0 spiro atoms. The standard InChI is InChI=1S/C21H27ClN4O/c1-2-20-19(15-23-26(20)18-9-5-6-16(22)14-18)21(27)25-12-10-24(11-13-25)17-7-3-4-8-17/h5-6,9,14-15,17H,2-4,7-8,10-13H2,1H3. The topological polar surface area (TPSA) is 41.4 Å². The number of halogens is 1. The molecule has 1 aliphatic carbocycles. The van der Waals surface area contributed by atoms with Gasteiger partial charge in [0.1, 0.15) is 0 Å². The van der Waals surface area contributed by atoms with Gasteiger partial charge in [-0.2, -0.15) is 5.10 Å². The maximum Gasteiger partial charge on any atom is 0.257 e. The number of piperazine rings is 1. The molecule has 5 nitrogen and oxygen atoms in total. The Morgan fingerprint density at radius 3 is 2.59 bits per heavy atom. The van der Waals surface area contributed by atoms with Crippen molar-refractivity contribution in [3.8, 4) is 5.69 Å². The lowest BCUT2D eigenvalue weighted by molar-refractivity contribution is 0.0572. The maximum atomic E-state index is 13.1. The van der Waals surface area contributed by atoms with E-state index in [0.29, 0.717) is 10.6 Å². The van der Waals surface area contributed by atoms with Crippen LogP contribution in [0.15, 0.2) is 30.5 Å². The molecular formula is C21H27ClN4O. The molecule has 2 aliphatic rings. The first-order chi connectivity index (χ1) is 13.2. The Morgan fingerprint density at radius 2 is 1.93 bits per heavy atom. The predicted molar refractivity (Wildman–Crippen MR) is 108 cm³/mol. The number of benzene rings is 1. The van der Waals surface area contributed by atoms with Crippen molar-refractivity contribution in [2.75, 3.05) is 26.2 Å². The summed E-state index contributed by atoms with van der Waals surface area (Å²) in [7, 11) is 0. The Hall–Kier alpha value is -1.85. The van der Waals surface area contributed by atoms with Gasteiger partial charge in [-0.25, -0.2) is 4.68 Å². The third-order valence-corrected chi connectivity index (χ3v) is 6.16. The lowest BCUT2D eigenvalue weighted by Crippen LogP contribution is -2.51. The highest BCUT2D eigenvalue weighted by Crippen LogP contribution is 2.25. The van der Waals surface area contributed by atoms with Gasteiger partial charge < -0.3 is 4.90 Å². The van der Waals surface area contributed by atoms with Gasteiger partial charge >= 0.3 is 0 Å². The Kier molecular flexibility index (Phi) is 5.50. The van der Waals surface area contributed by atoms with Crippen molar-refractivity contribution in [2.24, 2.45) is 0 Å². The molecule has 0 radical (unpaired) electrons. The van der Waals surface area contributed by atoms with Gasteiger partial charge in [0.15, 0.2) is 0 Å². The van der Waals surface area contributed by atoms with Crippen LogP contribution in [0, 0.1) is 0 Å². The second-order valence-electron chi connectivity index (χ2n) is 7.52. The molecule has 2 fully saturated rings. The summed E-state index contributed by atoms with van der Waals surface area (Å²) in [6.07, 6.45) is 7.81.